The number of anilines is 2. The van der Waals surface area contributed by atoms with Gasteiger partial charge in [-0.05, 0) is 26.0 Å². The standard InChI is InChI=1S/C14H17N3O3/c1-3-19-12-7-5-4-6-11(12)15-9-13(18)16-14-8-10(2)17-20-14/h4-8,15H,3,9H2,1-2H3,(H,16,18). The molecule has 1 heterocycles. The lowest BCUT2D eigenvalue weighted by molar-refractivity contribution is -0.114. The summed E-state index contributed by atoms with van der Waals surface area (Å²) in [6.45, 7) is 4.39. The molecule has 0 unspecified atom stereocenters. The van der Waals surface area contributed by atoms with Crippen molar-refractivity contribution >= 4 is 17.5 Å². The van der Waals surface area contributed by atoms with Crippen molar-refractivity contribution in [2.45, 2.75) is 13.8 Å². The lowest BCUT2D eigenvalue weighted by atomic mass is 10.3. The smallest absolute Gasteiger partial charge is 0.246 e. The molecule has 0 aliphatic heterocycles. The molecule has 0 radical (unpaired) electrons. The van der Waals surface area contributed by atoms with E-state index in [1.54, 1.807) is 13.0 Å². The molecule has 0 aliphatic rings. The second-order valence-corrected chi connectivity index (χ2v) is 4.16. The topological polar surface area (TPSA) is 76.4 Å². The lowest BCUT2D eigenvalue weighted by Crippen LogP contribution is -2.21. The summed E-state index contributed by atoms with van der Waals surface area (Å²) in [7, 11) is 0. The van der Waals surface area contributed by atoms with Gasteiger partial charge in [-0.1, -0.05) is 17.3 Å². The predicted octanol–water partition coefficient (Wildman–Crippen LogP) is 2.43. The molecule has 0 atom stereocenters. The number of ether oxygens (including phenoxy) is 1. The molecular formula is C14H17N3O3. The second-order valence-electron chi connectivity index (χ2n) is 4.16. The molecule has 1 aromatic heterocycles. The van der Waals surface area contributed by atoms with Crippen molar-refractivity contribution in [1.82, 2.24) is 5.16 Å². The number of amides is 1. The molecule has 6 nitrogen and oxygen atoms in total. The number of para-hydroxylation sites is 2. The van der Waals surface area contributed by atoms with Gasteiger partial charge in [-0.3, -0.25) is 10.1 Å². The molecular weight excluding hydrogens is 258 g/mol. The largest absolute Gasteiger partial charge is 0.492 e. The van der Waals surface area contributed by atoms with Crippen LogP contribution in [0.3, 0.4) is 0 Å². The maximum atomic E-state index is 11.8. The van der Waals surface area contributed by atoms with Gasteiger partial charge in [0.2, 0.25) is 11.8 Å². The van der Waals surface area contributed by atoms with Crippen LogP contribution in [0, 0.1) is 6.92 Å². The van der Waals surface area contributed by atoms with E-state index in [9.17, 15) is 4.79 Å². The lowest BCUT2D eigenvalue weighted by Gasteiger charge is -2.11. The average Bonchev–Trinajstić information content (AvgIpc) is 2.83. The molecule has 0 aliphatic carbocycles. The molecule has 1 aromatic carbocycles. The summed E-state index contributed by atoms with van der Waals surface area (Å²) in [4.78, 5) is 11.8. The van der Waals surface area contributed by atoms with Gasteiger partial charge in [-0.25, -0.2) is 0 Å². The van der Waals surface area contributed by atoms with Crippen molar-refractivity contribution in [2.24, 2.45) is 0 Å². The Balaban J connectivity index is 1.90. The maximum Gasteiger partial charge on any atom is 0.246 e. The van der Waals surface area contributed by atoms with Crippen molar-refractivity contribution in [3.8, 4) is 5.75 Å². The Bertz CT molecular complexity index is 581. The van der Waals surface area contributed by atoms with Crippen LogP contribution in [-0.4, -0.2) is 24.2 Å². The Morgan fingerprint density at radius 2 is 2.20 bits per heavy atom. The highest BCUT2D eigenvalue weighted by atomic mass is 16.5. The van der Waals surface area contributed by atoms with Crippen LogP contribution in [0.5, 0.6) is 5.75 Å². The summed E-state index contributed by atoms with van der Waals surface area (Å²) in [6.07, 6.45) is 0. The highest BCUT2D eigenvalue weighted by Gasteiger charge is 2.08. The third-order valence-corrected chi connectivity index (χ3v) is 2.52. The number of benzene rings is 1. The molecule has 0 saturated heterocycles. The number of nitrogens with zero attached hydrogens (tertiary/aromatic N) is 1. The number of nitrogens with one attached hydrogen (secondary N) is 2. The van der Waals surface area contributed by atoms with Gasteiger partial charge in [0.25, 0.3) is 0 Å². The van der Waals surface area contributed by atoms with E-state index >= 15 is 0 Å². The van der Waals surface area contributed by atoms with E-state index in [4.69, 9.17) is 9.26 Å². The minimum atomic E-state index is -0.215. The summed E-state index contributed by atoms with van der Waals surface area (Å²) in [5.41, 5.74) is 1.49. The fraction of sp³-hybridized carbons (Fsp3) is 0.286. The van der Waals surface area contributed by atoms with Crippen molar-refractivity contribution in [1.29, 1.82) is 0 Å². The molecule has 106 valence electrons. The first kappa shape index (κ1) is 13.9. The van der Waals surface area contributed by atoms with Gasteiger partial charge in [0.05, 0.1) is 24.5 Å². The van der Waals surface area contributed by atoms with Gasteiger partial charge in [0.15, 0.2) is 0 Å². The van der Waals surface area contributed by atoms with Crippen LogP contribution in [0.25, 0.3) is 0 Å². The Morgan fingerprint density at radius 3 is 2.90 bits per heavy atom. The van der Waals surface area contributed by atoms with Crippen LogP contribution in [0.15, 0.2) is 34.9 Å². The van der Waals surface area contributed by atoms with Crippen LogP contribution < -0.4 is 15.4 Å². The van der Waals surface area contributed by atoms with E-state index in [2.05, 4.69) is 15.8 Å². The SMILES string of the molecule is CCOc1ccccc1NCC(=O)Nc1cc(C)no1. The number of hydrogen-bond donors (Lipinski definition) is 2. The van der Waals surface area contributed by atoms with Gasteiger partial charge < -0.3 is 14.6 Å². The van der Waals surface area contributed by atoms with Crippen molar-refractivity contribution in [3.63, 3.8) is 0 Å². The van der Waals surface area contributed by atoms with E-state index in [1.807, 2.05) is 31.2 Å². The zero-order valence-electron chi connectivity index (χ0n) is 11.5. The monoisotopic (exact) mass is 275 g/mol. The van der Waals surface area contributed by atoms with E-state index in [1.165, 1.54) is 0 Å². The minimum absolute atomic E-state index is 0.115. The fourth-order valence-electron chi connectivity index (χ4n) is 1.67. The molecule has 2 rings (SSSR count). The molecule has 20 heavy (non-hydrogen) atoms. The number of carbonyl (C=O) groups excluding carboxylic acids is 1. The third kappa shape index (κ3) is 3.74. The Kier molecular flexibility index (Phi) is 4.60. The van der Waals surface area contributed by atoms with Gasteiger partial charge in [-0.2, -0.15) is 0 Å². The van der Waals surface area contributed by atoms with Crippen molar-refractivity contribution in [3.05, 3.63) is 36.0 Å². The van der Waals surface area contributed by atoms with Gasteiger partial charge in [0, 0.05) is 6.07 Å². The number of carbonyl (C=O) groups is 1. The Morgan fingerprint density at radius 1 is 1.40 bits per heavy atom. The zero-order valence-corrected chi connectivity index (χ0v) is 11.5. The van der Waals surface area contributed by atoms with E-state index in [0.717, 1.165) is 17.1 Å². The summed E-state index contributed by atoms with van der Waals surface area (Å²) in [6, 6.07) is 9.13. The van der Waals surface area contributed by atoms with Gasteiger partial charge in [-0.15, -0.1) is 0 Å². The van der Waals surface area contributed by atoms with Crippen LogP contribution in [0.2, 0.25) is 0 Å². The van der Waals surface area contributed by atoms with Gasteiger partial charge in [0.1, 0.15) is 5.75 Å². The third-order valence-electron chi connectivity index (χ3n) is 2.52. The highest BCUT2D eigenvalue weighted by Crippen LogP contribution is 2.23. The van der Waals surface area contributed by atoms with Crippen molar-refractivity contribution in [2.75, 3.05) is 23.8 Å². The van der Waals surface area contributed by atoms with E-state index < -0.39 is 0 Å². The number of rotatable bonds is 6. The minimum Gasteiger partial charge on any atom is -0.492 e. The zero-order chi connectivity index (χ0) is 14.4. The second kappa shape index (κ2) is 6.60. The normalized spacial score (nSPS) is 10.1. The summed E-state index contributed by atoms with van der Waals surface area (Å²) >= 11 is 0. The Labute approximate surface area is 117 Å². The summed E-state index contributed by atoms with van der Waals surface area (Å²) < 4.78 is 10.4. The maximum absolute atomic E-state index is 11.8. The molecule has 0 bridgehead atoms. The first-order valence-corrected chi connectivity index (χ1v) is 6.38. The van der Waals surface area contributed by atoms with E-state index in [-0.39, 0.29) is 12.5 Å². The highest BCUT2D eigenvalue weighted by molar-refractivity contribution is 5.92. The molecule has 6 heteroatoms. The molecule has 2 aromatic rings. The van der Waals surface area contributed by atoms with Crippen LogP contribution in [-0.2, 0) is 4.79 Å². The van der Waals surface area contributed by atoms with Crippen LogP contribution in [0.4, 0.5) is 11.6 Å². The first-order valence-electron chi connectivity index (χ1n) is 6.38. The molecule has 1 amide bonds. The fourth-order valence-corrected chi connectivity index (χ4v) is 1.67. The summed E-state index contributed by atoms with van der Waals surface area (Å²) in [5, 5.41) is 9.34. The van der Waals surface area contributed by atoms with Gasteiger partial charge >= 0.3 is 0 Å². The molecule has 0 spiro atoms. The van der Waals surface area contributed by atoms with Crippen LogP contribution >= 0.6 is 0 Å². The summed E-state index contributed by atoms with van der Waals surface area (Å²) in [5.74, 6) is 0.846. The van der Waals surface area contributed by atoms with Crippen molar-refractivity contribution < 1.29 is 14.1 Å². The quantitative estimate of drug-likeness (QED) is 0.846. The molecule has 2 N–H and O–H groups in total. The van der Waals surface area contributed by atoms with E-state index in [0.29, 0.717) is 12.5 Å². The molecule has 0 fully saturated rings. The molecule has 0 saturated carbocycles. The number of hydrogen-bond acceptors (Lipinski definition) is 5. The average molecular weight is 275 g/mol. The number of aryl methyl sites for hydroxylation is 1. The number of aromatic nitrogens is 1. The van der Waals surface area contributed by atoms with Crippen LogP contribution in [0.1, 0.15) is 12.6 Å². The Hall–Kier alpha value is -2.50. The predicted molar refractivity (Wildman–Crippen MR) is 76.0 cm³/mol. The first-order chi connectivity index (χ1) is 9.69.